The monoisotopic (exact) mass is 461 g/mol. The van der Waals surface area contributed by atoms with Gasteiger partial charge in [0.25, 0.3) is 0 Å². The van der Waals surface area contributed by atoms with Gasteiger partial charge in [0.2, 0.25) is 0 Å². The Morgan fingerprint density at radius 3 is 2.73 bits per heavy atom. The van der Waals surface area contributed by atoms with Crippen molar-refractivity contribution in [3.05, 3.63) is 64.5 Å². The number of aryl methyl sites for hydroxylation is 3. The molecule has 176 valence electrons. The van der Waals surface area contributed by atoms with Gasteiger partial charge < -0.3 is 14.9 Å². The second kappa shape index (κ2) is 9.41. The van der Waals surface area contributed by atoms with Crippen molar-refractivity contribution in [1.82, 2.24) is 14.8 Å². The molecule has 1 aliphatic carbocycles. The highest BCUT2D eigenvalue weighted by Gasteiger charge is 2.37. The summed E-state index contributed by atoms with van der Waals surface area (Å²) in [6, 6.07) is 7.40. The summed E-state index contributed by atoms with van der Waals surface area (Å²) in [5.74, 6) is -1.17. The molecule has 0 unspecified atom stereocenters. The molecule has 1 aromatic heterocycles. The molecule has 1 aromatic carbocycles. The largest absolute Gasteiger partial charge is 0.481 e. The molecule has 1 N–H and O–H groups in total. The van der Waals surface area contributed by atoms with E-state index in [1.165, 1.54) is 22.6 Å². The molecule has 1 fully saturated rings. The van der Waals surface area contributed by atoms with E-state index in [0.29, 0.717) is 19.5 Å². The van der Waals surface area contributed by atoms with Gasteiger partial charge in [0.05, 0.1) is 18.0 Å². The molecule has 2 heterocycles. The summed E-state index contributed by atoms with van der Waals surface area (Å²) in [6.07, 6.45) is -0.362. The number of urea groups is 1. The van der Waals surface area contributed by atoms with Crippen LogP contribution >= 0.6 is 0 Å². The molecule has 6 nitrogen and oxygen atoms in total. The normalized spacial score (nSPS) is 16.9. The van der Waals surface area contributed by atoms with Crippen molar-refractivity contribution in [2.75, 3.05) is 19.6 Å². The molecule has 1 saturated heterocycles. The third kappa shape index (κ3) is 5.29. The Hall–Kier alpha value is -3.10. The number of pyridine rings is 1. The molecular weight excluding hydrogens is 435 g/mol. The molecule has 0 bridgehead atoms. The van der Waals surface area contributed by atoms with Crippen LogP contribution in [0.15, 0.2) is 36.4 Å². The molecule has 9 heteroatoms. The maximum Gasteiger partial charge on any atom is 0.416 e. The van der Waals surface area contributed by atoms with Gasteiger partial charge in [0, 0.05) is 31.0 Å². The van der Waals surface area contributed by atoms with Crippen molar-refractivity contribution < 1.29 is 27.9 Å². The third-order valence-electron chi connectivity index (χ3n) is 6.32. The average molecular weight is 461 g/mol. The van der Waals surface area contributed by atoms with Crippen molar-refractivity contribution >= 4 is 12.0 Å². The molecule has 1 atom stereocenters. The number of carboxylic acid groups (broad SMARTS) is 1. The third-order valence-corrected chi connectivity index (χ3v) is 6.32. The molecule has 1 aliphatic heterocycles. The van der Waals surface area contributed by atoms with Crippen LogP contribution in [-0.4, -0.2) is 51.5 Å². The number of halogens is 3. The highest BCUT2D eigenvalue weighted by Crippen LogP contribution is 2.34. The molecule has 2 aliphatic rings. The number of aromatic nitrogens is 1. The van der Waals surface area contributed by atoms with Crippen molar-refractivity contribution in [2.24, 2.45) is 0 Å². The van der Waals surface area contributed by atoms with Crippen LogP contribution in [0.4, 0.5) is 18.0 Å². The van der Waals surface area contributed by atoms with E-state index in [9.17, 15) is 27.9 Å². The SMILES string of the molecule is O=C(O)C[C@@H](c1cccc(C(F)(F)F)c1)N1CCN(CCCc2ccc3c(n2)CCC3)C1=O. The second-order valence-electron chi connectivity index (χ2n) is 8.57. The fourth-order valence-electron chi connectivity index (χ4n) is 4.65. The maximum absolute atomic E-state index is 13.2. The molecule has 33 heavy (non-hydrogen) atoms. The molecule has 2 amide bonds. The Morgan fingerprint density at radius 1 is 1.15 bits per heavy atom. The van der Waals surface area contributed by atoms with Crippen LogP contribution < -0.4 is 0 Å². The number of carboxylic acids is 1. The molecule has 0 saturated carbocycles. The summed E-state index contributed by atoms with van der Waals surface area (Å²) in [5.41, 5.74) is 2.77. The number of carbonyl (C=O) groups is 2. The number of hydrogen-bond donors (Lipinski definition) is 1. The van der Waals surface area contributed by atoms with Crippen molar-refractivity contribution in [2.45, 2.75) is 50.7 Å². The van der Waals surface area contributed by atoms with E-state index < -0.39 is 30.2 Å². The predicted octanol–water partition coefficient (Wildman–Crippen LogP) is 4.48. The first-order valence-corrected chi connectivity index (χ1v) is 11.1. The summed E-state index contributed by atoms with van der Waals surface area (Å²) in [7, 11) is 0. The minimum Gasteiger partial charge on any atom is -0.481 e. The quantitative estimate of drug-likeness (QED) is 0.629. The van der Waals surface area contributed by atoms with Crippen LogP contribution in [0, 0.1) is 0 Å². The van der Waals surface area contributed by atoms with Gasteiger partial charge >= 0.3 is 18.2 Å². The van der Waals surface area contributed by atoms with Crippen molar-refractivity contribution in [3.63, 3.8) is 0 Å². The molecule has 4 rings (SSSR count). The summed E-state index contributed by atoms with van der Waals surface area (Å²) in [5, 5.41) is 9.34. The van der Waals surface area contributed by atoms with E-state index in [1.54, 1.807) is 4.90 Å². The summed E-state index contributed by atoms with van der Waals surface area (Å²) >= 11 is 0. The van der Waals surface area contributed by atoms with Crippen molar-refractivity contribution in [3.8, 4) is 0 Å². The topological polar surface area (TPSA) is 73.7 Å². The Kier molecular flexibility index (Phi) is 6.58. The van der Waals surface area contributed by atoms with Gasteiger partial charge in [0.1, 0.15) is 0 Å². The predicted molar refractivity (Wildman–Crippen MR) is 115 cm³/mol. The van der Waals surface area contributed by atoms with E-state index in [0.717, 1.165) is 49.2 Å². The van der Waals surface area contributed by atoms with Gasteiger partial charge in [-0.15, -0.1) is 0 Å². The average Bonchev–Trinajstić information content (AvgIpc) is 3.38. The lowest BCUT2D eigenvalue weighted by molar-refractivity contribution is -0.138. The van der Waals surface area contributed by atoms with Crippen LogP contribution in [0.5, 0.6) is 0 Å². The number of nitrogens with zero attached hydrogens (tertiary/aromatic N) is 3. The maximum atomic E-state index is 13.2. The minimum atomic E-state index is -4.55. The lowest BCUT2D eigenvalue weighted by atomic mass is 10.00. The first kappa shape index (κ1) is 23.1. The van der Waals surface area contributed by atoms with E-state index in [1.807, 2.05) is 6.07 Å². The fourth-order valence-corrected chi connectivity index (χ4v) is 4.65. The lowest BCUT2D eigenvalue weighted by Crippen LogP contribution is -2.36. The van der Waals surface area contributed by atoms with Crippen LogP contribution in [0.25, 0.3) is 0 Å². The minimum absolute atomic E-state index is 0.171. The molecule has 2 aromatic rings. The zero-order valence-electron chi connectivity index (χ0n) is 18.1. The van der Waals surface area contributed by atoms with E-state index >= 15 is 0 Å². The number of carbonyl (C=O) groups excluding carboxylic acids is 1. The number of rotatable bonds is 8. The summed E-state index contributed by atoms with van der Waals surface area (Å²) in [4.78, 5) is 32.2. The Morgan fingerprint density at radius 2 is 1.97 bits per heavy atom. The number of alkyl halides is 3. The Labute approximate surface area is 190 Å². The zero-order chi connectivity index (χ0) is 23.6. The van der Waals surface area contributed by atoms with E-state index in [2.05, 4.69) is 6.07 Å². The highest BCUT2D eigenvalue weighted by atomic mass is 19.4. The zero-order valence-corrected chi connectivity index (χ0v) is 18.1. The molecule has 0 spiro atoms. The first-order chi connectivity index (χ1) is 15.7. The van der Waals surface area contributed by atoms with Gasteiger partial charge in [-0.2, -0.15) is 13.2 Å². The van der Waals surface area contributed by atoms with E-state index in [-0.39, 0.29) is 18.1 Å². The van der Waals surface area contributed by atoms with Gasteiger partial charge in [-0.25, -0.2) is 4.79 Å². The number of aliphatic carboxylic acids is 1. The highest BCUT2D eigenvalue weighted by molar-refractivity contribution is 5.78. The smallest absolute Gasteiger partial charge is 0.416 e. The van der Waals surface area contributed by atoms with Crippen LogP contribution in [0.2, 0.25) is 0 Å². The Bertz CT molecular complexity index is 1040. The second-order valence-corrected chi connectivity index (χ2v) is 8.57. The van der Waals surface area contributed by atoms with Gasteiger partial charge in [-0.3, -0.25) is 9.78 Å². The number of fused-ring (bicyclic) bond motifs is 1. The van der Waals surface area contributed by atoms with Gasteiger partial charge in [-0.1, -0.05) is 18.2 Å². The van der Waals surface area contributed by atoms with Gasteiger partial charge in [0.15, 0.2) is 0 Å². The number of amides is 2. The van der Waals surface area contributed by atoms with Crippen molar-refractivity contribution in [1.29, 1.82) is 0 Å². The summed E-state index contributed by atoms with van der Waals surface area (Å²) in [6.45, 7) is 1.16. The first-order valence-electron chi connectivity index (χ1n) is 11.1. The van der Waals surface area contributed by atoms with Crippen LogP contribution in [0.1, 0.15) is 53.4 Å². The number of hydrogen-bond acceptors (Lipinski definition) is 3. The molecular formula is C24H26F3N3O3. The Balaban J connectivity index is 1.41. The standard InChI is InChI=1S/C24H26F3N3O3/c25-24(26,27)18-6-1-5-17(14-18)21(15-22(31)32)30-13-12-29(23(30)33)11-3-7-19-10-9-16-4-2-8-20(16)28-19/h1,5-6,9-10,14,21H,2-4,7-8,11-13,15H2,(H,31,32)/t21-/m0/s1. The van der Waals surface area contributed by atoms with Crippen LogP contribution in [-0.2, 0) is 30.2 Å². The number of benzene rings is 1. The summed E-state index contributed by atoms with van der Waals surface area (Å²) < 4.78 is 39.5. The van der Waals surface area contributed by atoms with E-state index in [4.69, 9.17) is 4.98 Å². The van der Waals surface area contributed by atoms with Gasteiger partial charge in [-0.05, 0) is 61.4 Å². The lowest BCUT2D eigenvalue weighted by Gasteiger charge is -2.28. The fraction of sp³-hybridized carbons (Fsp3) is 0.458. The molecule has 0 radical (unpaired) electrons. The van der Waals surface area contributed by atoms with Crippen LogP contribution in [0.3, 0.4) is 0 Å².